The summed E-state index contributed by atoms with van der Waals surface area (Å²) in [5.41, 5.74) is 0.539. The molecule has 0 saturated carbocycles. The van der Waals surface area contributed by atoms with Gasteiger partial charge in [0.15, 0.2) is 0 Å². The van der Waals surface area contributed by atoms with Crippen molar-refractivity contribution in [2.24, 2.45) is 5.92 Å². The minimum absolute atomic E-state index is 0.0149. The third-order valence-corrected chi connectivity index (χ3v) is 7.67. The number of hydrogen-bond donors (Lipinski definition) is 1. The van der Waals surface area contributed by atoms with Gasteiger partial charge in [-0.25, -0.2) is 4.79 Å². The molecular formula is C28H29F3N4O3. The minimum atomic E-state index is -4.66. The van der Waals surface area contributed by atoms with Gasteiger partial charge >= 0.3 is 12.2 Å². The second-order valence-electron chi connectivity index (χ2n) is 10.1. The number of alkyl halides is 3. The predicted octanol–water partition coefficient (Wildman–Crippen LogP) is 3.98. The maximum absolute atomic E-state index is 13.7. The third kappa shape index (κ3) is 4.99. The van der Waals surface area contributed by atoms with E-state index in [1.807, 2.05) is 18.2 Å². The van der Waals surface area contributed by atoms with Crippen molar-refractivity contribution in [2.45, 2.75) is 31.5 Å². The highest BCUT2D eigenvalue weighted by Gasteiger charge is 2.46. The minimum Gasteiger partial charge on any atom is -0.341 e. The number of halogens is 3. The average Bonchev–Trinajstić information content (AvgIpc) is 3.22. The van der Waals surface area contributed by atoms with Crippen LogP contribution in [0.5, 0.6) is 0 Å². The van der Waals surface area contributed by atoms with Gasteiger partial charge in [-0.05, 0) is 42.4 Å². The Morgan fingerprint density at radius 1 is 1.00 bits per heavy atom. The molecule has 5 rings (SSSR count). The number of nitrogens with zero attached hydrogens (tertiary/aromatic N) is 3. The lowest BCUT2D eigenvalue weighted by Gasteiger charge is -2.33. The SMILES string of the molecule is CN1C(=O)N[C@H](c2ccccc2C(F)(F)F)C2=C1CN(CC(=O)N1CCC(Cc3ccccc3)CC1)C2=O. The molecule has 200 valence electrons. The summed E-state index contributed by atoms with van der Waals surface area (Å²) in [5, 5.41) is 2.55. The second kappa shape index (κ2) is 10.2. The van der Waals surface area contributed by atoms with Gasteiger partial charge < -0.3 is 15.1 Å². The van der Waals surface area contributed by atoms with Crippen LogP contribution in [-0.2, 0) is 22.2 Å². The van der Waals surface area contributed by atoms with Gasteiger partial charge in [-0.3, -0.25) is 14.5 Å². The lowest BCUT2D eigenvalue weighted by atomic mass is 9.90. The van der Waals surface area contributed by atoms with Crippen LogP contribution in [0.2, 0.25) is 0 Å². The lowest BCUT2D eigenvalue weighted by Crippen LogP contribution is -2.45. The van der Waals surface area contributed by atoms with Crippen molar-refractivity contribution in [2.75, 3.05) is 33.2 Å². The first-order chi connectivity index (χ1) is 18.1. The Morgan fingerprint density at radius 3 is 2.34 bits per heavy atom. The summed E-state index contributed by atoms with van der Waals surface area (Å²) >= 11 is 0. The van der Waals surface area contributed by atoms with E-state index >= 15 is 0 Å². The van der Waals surface area contributed by atoms with Crippen LogP contribution in [0.4, 0.5) is 18.0 Å². The monoisotopic (exact) mass is 526 g/mol. The number of amides is 4. The zero-order valence-corrected chi connectivity index (χ0v) is 21.0. The Balaban J connectivity index is 1.28. The van der Waals surface area contributed by atoms with Crippen LogP contribution in [0, 0.1) is 5.92 Å². The number of urea groups is 1. The number of carbonyl (C=O) groups is 3. The van der Waals surface area contributed by atoms with Crippen molar-refractivity contribution >= 4 is 17.8 Å². The number of likely N-dealkylation sites (tertiary alicyclic amines) is 1. The summed E-state index contributed by atoms with van der Waals surface area (Å²) in [6.07, 6.45) is -1.98. The largest absolute Gasteiger partial charge is 0.416 e. The number of nitrogens with one attached hydrogen (secondary N) is 1. The van der Waals surface area contributed by atoms with Crippen LogP contribution in [0.1, 0.15) is 35.6 Å². The highest BCUT2D eigenvalue weighted by molar-refractivity contribution is 6.03. The summed E-state index contributed by atoms with van der Waals surface area (Å²) in [6.45, 7) is 0.976. The maximum Gasteiger partial charge on any atom is 0.416 e. The number of rotatable bonds is 5. The molecule has 10 heteroatoms. The molecule has 0 aliphatic carbocycles. The van der Waals surface area contributed by atoms with E-state index in [0.717, 1.165) is 25.3 Å². The fraction of sp³-hybridized carbons (Fsp3) is 0.393. The van der Waals surface area contributed by atoms with E-state index in [9.17, 15) is 27.6 Å². The van der Waals surface area contributed by atoms with Gasteiger partial charge in [-0.2, -0.15) is 13.2 Å². The molecule has 0 radical (unpaired) electrons. The Labute approximate surface area is 218 Å². The zero-order chi connectivity index (χ0) is 27.0. The standard InChI is InChI=1S/C28H29F3N4O3/c1-33-22-16-35(17-23(36)34-13-11-19(12-14-34)15-18-7-3-2-4-8-18)26(37)24(22)25(32-27(33)38)20-9-5-6-10-21(20)28(29,30)31/h2-10,19,25H,11-17H2,1H3,(H,32,38)/t25-/m1/s1. The van der Waals surface area contributed by atoms with Crippen molar-refractivity contribution in [3.05, 3.63) is 82.6 Å². The quantitative estimate of drug-likeness (QED) is 0.641. The molecule has 0 bridgehead atoms. The molecule has 38 heavy (non-hydrogen) atoms. The van der Waals surface area contributed by atoms with Gasteiger partial charge in [0, 0.05) is 20.1 Å². The maximum atomic E-state index is 13.7. The van der Waals surface area contributed by atoms with Crippen LogP contribution in [-0.4, -0.2) is 65.8 Å². The van der Waals surface area contributed by atoms with Gasteiger partial charge in [0.1, 0.15) is 6.54 Å². The molecule has 1 atom stereocenters. The van der Waals surface area contributed by atoms with Crippen LogP contribution in [0.25, 0.3) is 0 Å². The summed E-state index contributed by atoms with van der Waals surface area (Å²) in [7, 11) is 1.46. The van der Waals surface area contributed by atoms with Gasteiger partial charge in [0.25, 0.3) is 5.91 Å². The molecular weight excluding hydrogens is 497 g/mol. The van der Waals surface area contributed by atoms with Gasteiger partial charge in [0.2, 0.25) is 5.91 Å². The highest BCUT2D eigenvalue weighted by atomic mass is 19.4. The van der Waals surface area contributed by atoms with E-state index in [1.54, 1.807) is 4.90 Å². The Morgan fingerprint density at radius 2 is 1.66 bits per heavy atom. The van der Waals surface area contributed by atoms with Gasteiger partial charge in [0.05, 0.1) is 29.4 Å². The smallest absolute Gasteiger partial charge is 0.341 e. The molecule has 0 aromatic heterocycles. The zero-order valence-electron chi connectivity index (χ0n) is 21.0. The molecule has 2 aromatic carbocycles. The van der Waals surface area contributed by atoms with Gasteiger partial charge in [-0.1, -0.05) is 48.5 Å². The number of piperidine rings is 1. The molecule has 4 amide bonds. The van der Waals surface area contributed by atoms with E-state index < -0.39 is 29.7 Å². The molecule has 3 heterocycles. The first-order valence-electron chi connectivity index (χ1n) is 12.7. The first-order valence-corrected chi connectivity index (χ1v) is 12.7. The molecule has 0 unspecified atom stereocenters. The van der Waals surface area contributed by atoms with Crippen molar-refractivity contribution in [1.82, 2.24) is 20.0 Å². The van der Waals surface area contributed by atoms with Crippen LogP contribution in [0.15, 0.2) is 65.9 Å². The number of likely N-dealkylation sites (N-methyl/N-ethyl adjacent to an activating group) is 1. The van der Waals surface area contributed by atoms with E-state index in [-0.39, 0.29) is 30.1 Å². The second-order valence-corrected chi connectivity index (χ2v) is 10.1. The summed E-state index contributed by atoms with van der Waals surface area (Å²) < 4.78 is 41.2. The van der Waals surface area contributed by atoms with E-state index in [2.05, 4.69) is 17.4 Å². The Hall–Kier alpha value is -3.82. The fourth-order valence-corrected chi connectivity index (χ4v) is 5.59. The van der Waals surface area contributed by atoms with E-state index in [4.69, 9.17) is 0 Å². The van der Waals surface area contributed by atoms with Crippen molar-refractivity contribution in [3.8, 4) is 0 Å². The molecule has 7 nitrogen and oxygen atoms in total. The highest BCUT2D eigenvalue weighted by Crippen LogP contribution is 2.41. The molecule has 3 aliphatic heterocycles. The fourth-order valence-electron chi connectivity index (χ4n) is 5.59. The van der Waals surface area contributed by atoms with Crippen molar-refractivity contribution in [3.63, 3.8) is 0 Å². The lowest BCUT2D eigenvalue weighted by molar-refractivity contribution is -0.139. The number of hydrogen-bond acceptors (Lipinski definition) is 3. The number of carbonyl (C=O) groups excluding carboxylic acids is 3. The average molecular weight is 527 g/mol. The van der Waals surface area contributed by atoms with Crippen molar-refractivity contribution in [1.29, 1.82) is 0 Å². The van der Waals surface area contributed by atoms with Crippen LogP contribution in [0.3, 0.4) is 0 Å². The molecule has 1 saturated heterocycles. The molecule has 3 aliphatic rings. The van der Waals surface area contributed by atoms with Crippen molar-refractivity contribution < 1.29 is 27.6 Å². The Bertz CT molecular complexity index is 1270. The van der Waals surface area contributed by atoms with Crippen LogP contribution < -0.4 is 5.32 Å². The summed E-state index contributed by atoms with van der Waals surface area (Å²) in [4.78, 5) is 43.5. The first kappa shape index (κ1) is 25.8. The van der Waals surface area contributed by atoms with Gasteiger partial charge in [-0.15, -0.1) is 0 Å². The predicted molar refractivity (Wildman–Crippen MR) is 134 cm³/mol. The van der Waals surface area contributed by atoms with E-state index in [0.29, 0.717) is 24.7 Å². The molecule has 1 N–H and O–H groups in total. The normalized spacial score (nSPS) is 20.6. The summed E-state index contributed by atoms with van der Waals surface area (Å²) in [5.74, 6) is -0.268. The molecule has 1 fully saturated rings. The number of benzene rings is 2. The molecule has 0 spiro atoms. The third-order valence-electron chi connectivity index (χ3n) is 7.67. The van der Waals surface area contributed by atoms with E-state index in [1.165, 1.54) is 40.6 Å². The molecule has 2 aromatic rings. The Kier molecular flexibility index (Phi) is 6.90. The van der Waals surface area contributed by atoms with Crippen LogP contribution >= 0.6 is 0 Å². The topological polar surface area (TPSA) is 73.0 Å². The summed E-state index contributed by atoms with van der Waals surface area (Å²) in [6, 6.07) is 13.3.